The maximum absolute atomic E-state index is 12.2. The highest BCUT2D eigenvalue weighted by Gasteiger charge is 2.06. The van der Waals surface area contributed by atoms with E-state index in [2.05, 4.69) is 26.2 Å². The second kappa shape index (κ2) is 5.30. The first-order valence-corrected chi connectivity index (χ1v) is 6.26. The Labute approximate surface area is 112 Å². The third kappa shape index (κ3) is 2.59. The van der Waals surface area contributed by atoms with Crippen LogP contribution in [0.5, 0.6) is 0 Å². The summed E-state index contributed by atoms with van der Waals surface area (Å²) in [7, 11) is 1.57. The molecule has 1 aromatic heterocycles. The van der Waals surface area contributed by atoms with Crippen LogP contribution < -0.4 is 10.9 Å². The summed E-state index contributed by atoms with van der Waals surface area (Å²) in [5, 5.41) is 3.06. The minimum absolute atomic E-state index is 0.101. The molecule has 5 nitrogen and oxygen atoms in total. The number of aryl methyl sites for hydroxylation is 1. The largest absolute Gasteiger partial charge is 0.359 e. The molecule has 0 aliphatic rings. The third-order valence-corrected chi connectivity index (χ3v) is 3.14. The number of halogens is 1. The molecule has 0 saturated heterocycles. The summed E-state index contributed by atoms with van der Waals surface area (Å²) in [6.45, 7) is 0.327. The van der Waals surface area contributed by atoms with Gasteiger partial charge in [-0.2, -0.15) is 0 Å². The van der Waals surface area contributed by atoms with E-state index in [0.717, 1.165) is 4.47 Å². The second-order valence-corrected chi connectivity index (χ2v) is 4.74. The molecule has 2 aromatic rings. The zero-order valence-corrected chi connectivity index (χ0v) is 11.4. The molecule has 1 N–H and O–H groups in total. The molecule has 94 valence electrons. The Kier molecular flexibility index (Phi) is 3.76. The Bertz CT molecular complexity index is 651. The number of fused-ring (bicyclic) bond motifs is 1. The van der Waals surface area contributed by atoms with Crippen molar-refractivity contribution in [2.45, 2.75) is 13.0 Å². The van der Waals surface area contributed by atoms with Crippen LogP contribution in [0.15, 0.2) is 33.8 Å². The van der Waals surface area contributed by atoms with Crippen LogP contribution in [-0.2, 0) is 11.3 Å². The van der Waals surface area contributed by atoms with E-state index in [1.165, 1.54) is 10.9 Å². The first-order chi connectivity index (χ1) is 8.61. The van der Waals surface area contributed by atoms with Gasteiger partial charge in [0.2, 0.25) is 5.91 Å². The molecule has 1 amide bonds. The molecular weight excluding hydrogens is 298 g/mol. The van der Waals surface area contributed by atoms with Gasteiger partial charge in [-0.05, 0) is 18.2 Å². The molecule has 0 atom stereocenters. The zero-order valence-electron chi connectivity index (χ0n) is 9.81. The highest BCUT2D eigenvalue weighted by molar-refractivity contribution is 9.10. The van der Waals surface area contributed by atoms with E-state index >= 15 is 0 Å². The molecular formula is C12H12BrN3O2. The summed E-state index contributed by atoms with van der Waals surface area (Å²) in [6.07, 6.45) is 1.74. The van der Waals surface area contributed by atoms with Crippen LogP contribution in [-0.4, -0.2) is 22.5 Å². The van der Waals surface area contributed by atoms with Gasteiger partial charge in [-0.3, -0.25) is 14.2 Å². The second-order valence-electron chi connectivity index (χ2n) is 3.83. The van der Waals surface area contributed by atoms with Gasteiger partial charge in [0.1, 0.15) is 0 Å². The number of benzene rings is 1. The minimum Gasteiger partial charge on any atom is -0.359 e. The van der Waals surface area contributed by atoms with Crippen molar-refractivity contribution in [1.29, 1.82) is 0 Å². The van der Waals surface area contributed by atoms with Crippen molar-refractivity contribution in [3.63, 3.8) is 0 Å². The number of carbonyl (C=O) groups is 1. The summed E-state index contributed by atoms with van der Waals surface area (Å²) >= 11 is 3.32. The fourth-order valence-electron chi connectivity index (χ4n) is 1.64. The van der Waals surface area contributed by atoms with E-state index in [1.807, 2.05) is 6.07 Å². The summed E-state index contributed by atoms with van der Waals surface area (Å²) in [6, 6.07) is 5.36. The summed E-state index contributed by atoms with van der Waals surface area (Å²) in [5.74, 6) is -0.101. The van der Waals surface area contributed by atoms with Crippen molar-refractivity contribution in [2.75, 3.05) is 7.05 Å². The number of aromatic nitrogens is 2. The summed E-state index contributed by atoms with van der Waals surface area (Å²) in [4.78, 5) is 27.5. The van der Waals surface area contributed by atoms with Crippen molar-refractivity contribution >= 4 is 32.7 Å². The van der Waals surface area contributed by atoms with Crippen LogP contribution >= 0.6 is 15.9 Å². The van der Waals surface area contributed by atoms with Crippen molar-refractivity contribution < 1.29 is 4.79 Å². The van der Waals surface area contributed by atoms with Gasteiger partial charge in [-0.25, -0.2) is 4.98 Å². The SMILES string of the molecule is CNC(=O)CCn1cnc2ccc(Br)cc2c1=O. The van der Waals surface area contributed by atoms with E-state index in [4.69, 9.17) is 0 Å². The molecule has 2 rings (SSSR count). The van der Waals surface area contributed by atoms with Gasteiger partial charge >= 0.3 is 0 Å². The van der Waals surface area contributed by atoms with Gasteiger partial charge in [0.05, 0.1) is 17.2 Å². The highest BCUT2D eigenvalue weighted by atomic mass is 79.9. The van der Waals surface area contributed by atoms with Crippen molar-refractivity contribution in [3.05, 3.63) is 39.4 Å². The Morgan fingerprint density at radius 3 is 3.00 bits per heavy atom. The van der Waals surface area contributed by atoms with Gasteiger partial charge in [0, 0.05) is 24.5 Å². The van der Waals surface area contributed by atoms with Gasteiger partial charge in [-0.15, -0.1) is 0 Å². The lowest BCUT2D eigenvalue weighted by molar-refractivity contribution is -0.120. The number of rotatable bonds is 3. The van der Waals surface area contributed by atoms with Gasteiger partial charge in [0.25, 0.3) is 5.56 Å². The van der Waals surface area contributed by atoms with Gasteiger partial charge in [-0.1, -0.05) is 15.9 Å². The molecule has 1 aromatic carbocycles. The highest BCUT2D eigenvalue weighted by Crippen LogP contribution is 2.14. The summed E-state index contributed by atoms with van der Waals surface area (Å²) < 4.78 is 2.28. The molecule has 0 fully saturated rings. The molecule has 0 aliphatic carbocycles. The molecule has 0 saturated carbocycles. The average Bonchev–Trinajstić information content (AvgIpc) is 2.38. The van der Waals surface area contributed by atoms with Crippen LogP contribution in [0, 0.1) is 0 Å². The molecule has 0 spiro atoms. The molecule has 1 heterocycles. The lowest BCUT2D eigenvalue weighted by Gasteiger charge is -2.06. The maximum atomic E-state index is 12.2. The molecule has 0 radical (unpaired) electrons. The van der Waals surface area contributed by atoms with E-state index in [0.29, 0.717) is 17.4 Å². The third-order valence-electron chi connectivity index (χ3n) is 2.64. The maximum Gasteiger partial charge on any atom is 0.261 e. The molecule has 0 aliphatic heterocycles. The first-order valence-electron chi connectivity index (χ1n) is 5.47. The lowest BCUT2D eigenvalue weighted by atomic mass is 10.2. The summed E-state index contributed by atoms with van der Waals surface area (Å²) in [5.41, 5.74) is 0.518. The number of nitrogens with zero attached hydrogens (tertiary/aromatic N) is 2. The lowest BCUT2D eigenvalue weighted by Crippen LogP contribution is -2.25. The fourth-order valence-corrected chi connectivity index (χ4v) is 2.00. The molecule has 0 unspecified atom stereocenters. The van der Waals surface area contributed by atoms with Crippen LogP contribution in [0.3, 0.4) is 0 Å². The van der Waals surface area contributed by atoms with Crippen LogP contribution in [0.1, 0.15) is 6.42 Å². The Hall–Kier alpha value is -1.69. The number of amides is 1. The normalized spacial score (nSPS) is 10.6. The van der Waals surface area contributed by atoms with Crippen LogP contribution in [0.4, 0.5) is 0 Å². The number of hydrogen-bond acceptors (Lipinski definition) is 3. The zero-order chi connectivity index (χ0) is 13.1. The molecule has 6 heteroatoms. The Balaban J connectivity index is 2.38. The fraction of sp³-hybridized carbons (Fsp3) is 0.250. The van der Waals surface area contributed by atoms with Crippen LogP contribution in [0.2, 0.25) is 0 Å². The van der Waals surface area contributed by atoms with Crippen molar-refractivity contribution in [2.24, 2.45) is 0 Å². The smallest absolute Gasteiger partial charge is 0.261 e. The molecule has 0 bridgehead atoms. The Morgan fingerprint density at radius 2 is 2.28 bits per heavy atom. The predicted molar refractivity (Wildman–Crippen MR) is 72.4 cm³/mol. The van der Waals surface area contributed by atoms with Crippen molar-refractivity contribution in [3.8, 4) is 0 Å². The number of nitrogens with one attached hydrogen (secondary N) is 1. The van der Waals surface area contributed by atoms with E-state index in [-0.39, 0.29) is 17.9 Å². The van der Waals surface area contributed by atoms with E-state index < -0.39 is 0 Å². The van der Waals surface area contributed by atoms with E-state index in [1.54, 1.807) is 19.2 Å². The number of carbonyl (C=O) groups excluding carboxylic acids is 1. The van der Waals surface area contributed by atoms with Crippen molar-refractivity contribution in [1.82, 2.24) is 14.9 Å². The van der Waals surface area contributed by atoms with Crippen LogP contribution in [0.25, 0.3) is 10.9 Å². The van der Waals surface area contributed by atoms with Gasteiger partial charge in [0.15, 0.2) is 0 Å². The average molecular weight is 310 g/mol. The first kappa shape index (κ1) is 12.8. The molecule has 18 heavy (non-hydrogen) atoms. The standard InChI is InChI=1S/C12H12BrN3O2/c1-14-11(17)4-5-16-7-15-10-3-2-8(13)6-9(10)12(16)18/h2-3,6-7H,4-5H2,1H3,(H,14,17). The monoisotopic (exact) mass is 309 g/mol. The van der Waals surface area contributed by atoms with Gasteiger partial charge < -0.3 is 5.32 Å². The Morgan fingerprint density at radius 1 is 1.50 bits per heavy atom. The predicted octanol–water partition coefficient (Wildman–Crippen LogP) is 1.30. The topological polar surface area (TPSA) is 64.0 Å². The quantitative estimate of drug-likeness (QED) is 0.929. The van der Waals surface area contributed by atoms with E-state index in [9.17, 15) is 9.59 Å². The number of hydrogen-bond donors (Lipinski definition) is 1. The minimum atomic E-state index is -0.134.